The van der Waals surface area contributed by atoms with Crippen molar-refractivity contribution in [2.24, 2.45) is 0 Å². The molecule has 1 saturated heterocycles. The monoisotopic (exact) mass is 311 g/mol. The second-order valence-corrected chi connectivity index (χ2v) is 7.83. The summed E-state index contributed by atoms with van der Waals surface area (Å²) in [5.41, 5.74) is 0.272. The van der Waals surface area contributed by atoms with Crippen molar-refractivity contribution in [3.8, 4) is 0 Å². The van der Waals surface area contributed by atoms with E-state index in [0.29, 0.717) is 24.5 Å². The number of aryl methyl sites for hydroxylation is 1. The van der Waals surface area contributed by atoms with Crippen molar-refractivity contribution in [2.45, 2.75) is 50.0 Å². The number of rotatable bonds is 2. The summed E-state index contributed by atoms with van der Waals surface area (Å²) in [6.45, 7) is 8.32. The van der Waals surface area contributed by atoms with Crippen LogP contribution in [0.1, 0.15) is 32.9 Å². The van der Waals surface area contributed by atoms with Crippen molar-refractivity contribution >= 4 is 16.9 Å². The highest BCUT2D eigenvalue weighted by Crippen LogP contribution is 2.21. The summed E-state index contributed by atoms with van der Waals surface area (Å²) >= 11 is 0. The first kappa shape index (κ1) is 15.9. The number of carbonyl (C=O) groups is 1. The predicted molar refractivity (Wildman–Crippen MR) is 79.4 cm³/mol. The van der Waals surface area contributed by atoms with Crippen LogP contribution in [0.5, 0.6) is 0 Å². The number of hydrogen-bond acceptors (Lipinski definition) is 5. The van der Waals surface area contributed by atoms with E-state index in [1.807, 2.05) is 27.7 Å². The molecule has 0 saturated carbocycles. The van der Waals surface area contributed by atoms with Crippen LogP contribution >= 0.6 is 0 Å². The Bertz CT molecular complexity index is 539. The fraction of sp³-hybridized carbons (Fsp3) is 0.643. The van der Waals surface area contributed by atoms with Crippen LogP contribution in [0.3, 0.4) is 0 Å². The summed E-state index contributed by atoms with van der Waals surface area (Å²) in [6.07, 6.45) is 0.332. The largest absolute Gasteiger partial charge is 0.444 e. The van der Waals surface area contributed by atoms with Gasteiger partial charge in [0.1, 0.15) is 10.6 Å². The van der Waals surface area contributed by atoms with Gasteiger partial charge >= 0.3 is 6.09 Å². The molecule has 0 N–H and O–H groups in total. The topological polar surface area (TPSA) is 72.4 Å². The summed E-state index contributed by atoms with van der Waals surface area (Å²) in [5.74, 6) is 0. The van der Waals surface area contributed by atoms with E-state index in [2.05, 4.69) is 10.2 Å². The van der Waals surface area contributed by atoms with Crippen molar-refractivity contribution in [3.63, 3.8) is 0 Å². The molecule has 0 aromatic carbocycles. The summed E-state index contributed by atoms with van der Waals surface area (Å²) in [4.78, 5) is 13.6. The first-order valence-corrected chi connectivity index (χ1v) is 8.16. The Morgan fingerprint density at radius 2 is 2.10 bits per heavy atom. The van der Waals surface area contributed by atoms with E-state index in [9.17, 15) is 9.00 Å². The molecule has 0 bridgehead atoms. The molecule has 1 fully saturated rings. The average molecular weight is 311 g/mol. The standard InChI is InChI=1S/C14H21N3O3S/c1-10-5-6-12(16-15-10)21(19)11-7-8-17(9-11)13(18)20-14(2,3)4/h5-6,11H,7-9H2,1-4H3/t11-,21?/m1/s1. The number of likely N-dealkylation sites (tertiary alicyclic amines) is 1. The Morgan fingerprint density at radius 1 is 1.38 bits per heavy atom. The normalized spacial score (nSPS) is 20.4. The average Bonchev–Trinajstić information content (AvgIpc) is 2.86. The highest BCUT2D eigenvalue weighted by Gasteiger charge is 2.33. The molecule has 1 unspecified atom stereocenters. The minimum atomic E-state index is -1.25. The van der Waals surface area contributed by atoms with Crippen LogP contribution in [-0.2, 0) is 15.5 Å². The lowest BCUT2D eigenvalue weighted by atomic mass is 10.2. The molecule has 1 amide bonds. The smallest absolute Gasteiger partial charge is 0.410 e. The van der Waals surface area contributed by atoms with Crippen LogP contribution in [-0.4, -0.2) is 49.3 Å². The van der Waals surface area contributed by atoms with Crippen LogP contribution in [0.25, 0.3) is 0 Å². The molecule has 7 heteroatoms. The molecule has 6 nitrogen and oxygen atoms in total. The minimum absolute atomic E-state index is 0.116. The molecule has 1 aliphatic rings. The van der Waals surface area contributed by atoms with E-state index < -0.39 is 16.4 Å². The Morgan fingerprint density at radius 3 is 2.67 bits per heavy atom. The lowest BCUT2D eigenvalue weighted by Crippen LogP contribution is -2.36. The van der Waals surface area contributed by atoms with E-state index in [4.69, 9.17) is 4.74 Å². The maximum Gasteiger partial charge on any atom is 0.410 e. The molecular formula is C14H21N3O3S. The van der Waals surface area contributed by atoms with Gasteiger partial charge in [-0.3, -0.25) is 4.21 Å². The zero-order valence-corrected chi connectivity index (χ0v) is 13.6. The molecule has 1 aromatic heterocycles. The van der Waals surface area contributed by atoms with Gasteiger partial charge in [-0.1, -0.05) is 0 Å². The zero-order chi connectivity index (χ0) is 15.6. The van der Waals surface area contributed by atoms with Crippen LogP contribution < -0.4 is 0 Å². The van der Waals surface area contributed by atoms with Crippen molar-refractivity contribution in [1.82, 2.24) is 15.1 Å². The molecule has 21 heavy (non-hydrogen) atoms. The van der Waals surface area contributed by atoms with Crippen molar-refractivity contribution in [2.75, 3.05) is 13.1 Å². The molecule has 2 heterocycles. The number of amides is 1. The van der Waals surface area contributed by atoms with E-state index in [1.165, 1.54) is 0 Å². The number of hydrogen-bond donors (Lipinski definition) is 0. The highest BCUT2D eigenvalue weighted by atomic mass is 32.2. The number of carbonyl (C=O) groups excluding carboxylic acids is 1. The van der Waals surface area contributed by atoms with E-state index in [-0.39, 0.29) is 11.3 Å². The minimum Gasteiger partial charge on any atom is -0.444 e. The van der Waals surface area contributed by atoms with Crippen LogP contribution in [0.4, 0.5) is 4.79 Å². The van der Waals surface area contributed by atoms with E-state index in [0.717, 1.165) is 5.69 Å². The fourth-order valence-electron chi connectivity index (χ4n) is 2.06. The van der Waals surface area contributed by atoms with Crippen molar-refractivity contribution in [1.29, 1.82) is 0 Å². The third-order valence-corrected chi connectivity index (χ3v) is 4.70. The van der Waals surface area contributed by atoms with Gasteiger partial charge in [0.05, 0.1) is 21.7 Å². The summed E-state index contributed by atoms with van der Waals surface area (Å²) in [5, 5.41) is 8.25. The van der Waals surface area contributed by atoms with Gasteiger partial charge in [-0.25, -0.2) is 4.79 Å². The third kappa shape index (κ3) is 4.23. The Hall–Kier alpha value is -1.50. The first-order chi connectivity index (χ1) is 9.76. The van der Waals surface area contributed by atoms with Gasteiger partial charge in [-0.15, -0.1) is 5.10 Å². The van der Waals surface area contributed by atoms with E-state index >= 15 is 0 Å². The quantitative estimate of drug-likeness (QED) is 0.834. The molecule has 0 spiro atoms. The van der Waals surface area contributed by atoms with Crippen LogP contribution in [0.15, 0.2) is 17.2 Å². The van der Waals surface area contributed by atoms with Crippen molar-refractivity contribution < 1.29 is 13.7 Å². The maximum atomic E-state index is 12.4. The number of aromatic nitrogens is 2. The van der Waals surface area contributed by atoms with Gasteiger partial charge in [-0.2, -0.15) is 5.10 Å². The van der Waals surface area contributed by atoms with Crippen molar-refractivity contribution in [3.05, 3.63) is 17.8 Å². The molecule has 2 atom stereocenters. The second-order valence-electron chi connectivity index (χ2n) is 6.15. The molecule has 2 rings (SSSR count). The Kier molecular flexibility index (Phi) is 4.61. The van der Waals surface area contributed by atoms with Gasteiger partial charge in [-0.05, 0) is 46.2 Å². The maximum absolute atomic E-state index is 12.4. The molecular weight excluding hydrogens is 290 g/mol. The first-order valence-electron chi connectivity index (χ1n) is 6.95. The zero-order valence-electron chi connectivity index (χ0n) is 12.8. The van der Waals surface area contributed by atoms with Crippen LogP contribution in [0, 0.1) is 6.92 Å². The second kappa shape index (κ2) is 6.09. The third-order valence-electron chi connectivity index (χ3n) is 3.08. The molecule has 1 aliphatic heterocycles. The lowest BCUT2D eigenvalue weighted by molar-refractivity contribution is 0.0295. The Labute approximate surface area is 127 Å². The van der Waals surface area contributed by atoms with Gasteiger partial charge in [0.2, 0.25) is 0 Å². The molecule has 116 valence electrons. The van der Waals surface area contributed by atoms with Gasteiger partial charge in [0.25, 0.3) is 0 Å². The number of nitrogens with zero attached hydrogens (tertiary/aromatic N) is 3. The van der Waals surface area contributed by atoms with Crippen LogP contribution in [0.2, 0.25) is 0 Å². The summed E-state index contributed by atoms with van der Waals surface area (Å²) in [7, 11) is -1.25. The molecule has 1 aromatic rings. The van der Waals surface area contributed by atoms with Gasteiger partial charge in [0, 0.05) is 13.1 Å². The van der Waals surface area contributed by atoms with E-state index in [1.54, 1.807) is 17.0 Å². The summed E-state index contributed by atoms with van der Waals surface area (Å²) in [6, 6.07) is 3.52. The highest BCUT2D eigenvalue weighted by molar-refractivity contribution is 7.85. The predicted octanol–water partition coefficient (Wildman–Crippen LogP) is 1.90. The fourth-order valence-corrected chi connectivity index (χ4v) is 3.36. The molecule has 0 aliphatic carbocycles. The number of ether oxygens (including phenoxy) is 1. The summed E-state index contributed by atoms with van der Waals surface area (Å²) < 4.78 is 17.8. The molecule has 0 radical (unpaired) electrons. The van der Waals surface area contributed by atoms with Gasteiger partial charge in [0.15, 0.2) is 0 Å². The Balaban J connectivity index is 1.97. The SMILES string of the molecule is Cc1ccc(S(=O)[C@@H]2CCN(C(=O)OC(C)(C)C)C2)nn1. The van der Waals surface area contributed by atoms with Gasteiger partial charge < -0.3 is 9.64 Å². The lowest BCUT2D eigenvalue weighted by Gasteiger charge is -2.24.